The van der Waals surface area contributed by atoms with E-state index in [0.717, 1.165) is 25.7 Å². The number of hydrogen-bond donors (Lipinski definition) is 2. The van der Waals surface area contributed by atoms with Crippen LogP contribution in [0.4, 0.5) is 0 Å². The molecule has 0 heterocycles. The molecule has 0 bridgehead atoms. The van der Waals surface area contributed by atoms with Crippen molar-refractivity contribution in [1.29, 1.82) is 0 Å². The summed E-state index contributed by atoms with van der Waals surface area (Å²) < 4.78 is 0. The molecule has 0 spiro atoms. The summed E-state index contributed by atoms with van der Waals surface area (Å²) in [5, 5.41) is 17.2. The Hall–Kier alpha value is -1.06. The van der Waals surface area contributed by atoms with Gasteiger partial charge in [-0.3, -0.25) is 9.59 Å². The number of aliphatic carboxylic acids is 2. The standard InChI is InChI=1S/C29H58O2.C28H56O2/c1-2-3-4-5-6-7-8-9-10-11-12-13-14-15-16-17-18-19-20-21-22-23-24-25-26-27-28-29(30)31;1-2-3-4-5-6-7-8-9-10-11-12-13-14-15-16-17-18-19-20-21-22-23-24-25-26-27-28(29)30/h2-28H2,1H3,(H,30,31);2-27H2,1H3,(H,29,30). The molecule has 0 aliphatic heterocycles. The predicted molar refractivity (Wildman–Crippen MR) is 271 cm³/mol. The van der Waals surface area contributed by atoms with E-state index in [0.29, 0.717) is 12.8 Å². The van der Waals surface area contributed by atoms with E-state index < -0.39 is 11.9 Å². The summed E-state index contributed by atoms with van der Waals surface area (Å²) in [5.74, 6) is -1.30. The summed E-state index contributed by atoms with van der Waals surface area (Å²) in [4.78, 5) is 20.9. The Morgan fingerprint density at radius 3 is 0.393 bits per heavy atom. The van der Waals surface area contributed by atoms with E-state index in [1.54, 1.807) is 0 Å². The zero-order valence-electron chi connectivity index (χ0n) is 42.2. The Kier molecular flexibility index (Phi) is 59.9. The first-order valence-corrected chi connectivity index (χ1v) is 28.5. The van der Waals surface area contributed by atoms with Crippen molar-refractivity contribution >= 4 is 11.9 Å². The topological polar surface area (TPSA) is 74.6 Å². The Balaban J connectivity index is 0. The summed E-state index contributed by atoms with van der Waals surface area (Å²) in [6, 6.07) is 0. The van der Waals surface area contributed by atoms with Gasteiger partial charge in [0.1, 0.15) is 0 Å². The smallest absolute Gasteiger partial charge is 0.303 e. The van der Waals surface area contributed by atoms with E-state index in [2.05, 4.69) is 13.8 Å². The van der Waals surface area contributed by atoms with Gasteiger partial charge in [0.15, 0.2) is 0 Å². The molecule has 4 nitrogen and oxygen atoms in total. The number of carboxylic acids is 2. The molecule has 0 saturated carbocycles. The molecule has 0 aromatic heterocycles. The lowest BCUT2D eigenvalue weighted by molar-refractivity contribution is -0.138. The van der Waals surface area contributed by atoms with Gasteiger partial charge in [-0.05, 0) is 12.8 Å². The van der Waals surface area contributed by atoms with E-state index in [1.807, 2.05) is 0 Å². The van der Waals surface area contributed by atoms with Crippen molar-refractivity contribution in [1.82, 2.24) is 0 Å². The van der Waals surface area contributed by atoms with Crippen molar-refractivity contribution in [3.8, 4) is 0 Å². The number of carbonyl (C=O) groups is 2. The van der Waals surface area contributed by atoms with E-state index in [4.69, 9.17) is 10.2 Å². The van der Waals surface area contributed by atoms with Gasteiger partial charge < -0.3 is 10.2 Å². The Morgan fingerprint density at radius 2 is 0.295 bits per heavy atom. The molecule has 0 rings (SSSR count). The maximum atomic E-state index is 10.4. The van der Waals surface area contributed by atoms with Crippen LogP contribution in [0.5, 0.6) is 0 Å². The molecule has 0 aliphatic rings. The SMILES string of the molecule is CCCCCCCCCCCCCCCCCCCCCCCCCCCC(=O)O.CCCCCCCCCCCCCCCCCCCCCCCCCCCCC(=O)O. The van der Waals surface area contributed by atoms with Crippen molar-refractivity contribution in [3.63, 3.8) is 0 Å². The normalized spacial score (nSPS) is 11.2. The lowest BCUT2D eigenvalue weighted by Crippen LogP contribution is -1.93. The second kappa shape index (κ2) is 58.9. The van der Waals surface area contributed by atoms with Gasteiger partial charge in [0.05, 0.1) is 0 Å². The van der Waals surface area contributed by atoms with Crippen molar-refractivity contribution in [3.05, 3.63) is 0 Å². The minimum Gasteiger partial charge on any atom is -0.481 e. The third-order valence-corrected chi connectivity index (χ3v) is 13.2. The molecular weight excluding hydrogens is 749 g/mol. The number of unbranched alkanes of at least 4 members (excludes halogenated alkanes) is 49. The number of carboxylic acid groups (broad SMARTS) is 2. The van der Waals surface area contributed by atoms with Gasteiger partial charge in [-0.1, -0.05) is 328 Å². The maximum absolute atomic E-state index is 10.4. The van der Waals surface area contributed by atoms with Gasteiger partial charge >= 0.3 is 11.9 Å². The third kappa shape index (κ3) is 65.7. The molecule has 0 aromatic rings. The van der Waals surface area contributed by atoms with Crippen LogP contribution >= 0.6 is 0 Å². The minimum absolute atomic E-state index is 0.347. The molecule has 0 aromatic carbocycles. The summed E-state index contributed by atoms with van der Waals surface area (Å²) in [7, 11) is 0. The maximum Gasteiger partial charge on any atom is 0.303 e. The molecular formula is C57H114O4. The van der Waals surface area contributed by atoms with Gasteiger partial charge in [-0.2, -0.15) is 0 Å². The fourth-order valence-corrected chi connectivity index (χ4v) is 9.01. The fourth-order valence-electron chi connectivity index (χ4n) is 9.01. The molecule has 0 fully saturated rings. The predicted octanol–water partition coefficient (Wildman–Crippen LogP) is 20.9. The van der Waals surface area contributed by atoms with Gasteiger partial charge in [-0.15, -0.1) is 0 Å². The highest BCUT2D eigenvalue weighted by atomic mass is 16.4. The van der Waals surface area contributed by atoms with Crippen LogP contribution in [0.25, 0.3) is 0 Å². The second-order valence-corrected chi connectivity index (χ2v) is 19.6. The van der Waals surface area contributed by atoms with Crippen LogP contribution in [0.15, 0.2) is 0 Å². The van der Waals surface area contributed by atoms with Crippen LogP contribution in [0.1, 0.15) is 354 Å². The molecule has 366 valence electrons. The first-order chi connectivity index (χ1) is 30.0. The largest absolute Gasteiger partial charge is 0.481 e. The molecule has 0 amide bonds. The van der Waals surface area contributed by atoms with Crippen LogP contribution in [0, 0.1) is 0 Å². The van der Waals surface area contributed by atoms with E-state index in [9.17, 15) is 9.59 Å². The minimum atomic E-state index is -0.649. The molecule has 0 radical (unpaired) electrons. The second-order valence-electron chi connectivity index (χ2n) is 19.6. The average Bonchev–Trinajstić information content (AvgIpc) is 3.25. The fraction of sp³-hybridized carbons (Fsp3) is 0.965. The zero-order chi connectivity index (χ0) is 44.6. The van der Waals surface area contributed by atoms with E-state index >= 15 is 0 Å². The third-order valence-electron chi connectivity index (χ3n) is 13.2. The Labute approximate surface area is 384 Å². The van der Waals surface area contributed by atoms with E-state index in [-0.39, 0.29) is 0 Å². The zero-order valence-corrected chi connectivity index (χ0v) is 42.2. The van der Waals surface area contributed by atoms with Crippen molar-refractivity contribution in [2.75, 3.05) is 0 Å². The molecule has 0 unspecified atom stereocenters. The molecule has 0 aliphatic carbocycles. The highest BCUT2D eigenvalue weighted by molar-refractivity contribution is 5.66. The highest BCUT2D eigenvalue weighted by Crippen LogP contribution is 2.18. The van der Waals surface area contributed by atoms with Gasteiger partial charge in [0.2, 0.25) is 0 Å². The Morgan fingerprint density at radius 1 is 0.197 bits per heavy atom. The number of hydrogen-bond acceptors (Lipinski definition) is 2. The van der Waals surface area contributed by atoms with Gasteiger partial charge in [0.25, 0.3) is 0 Å². The quantitative estimate of drug-likeness (QED) is 0.0598. The first-order valence-electron chi connectivity index (χ1n) is 28.5. The molecule has 0 atom stereocenters. The van der Waals surface area contributed by atoms with E-state index in [1.165, 1.54) is 302 Å². The highest BCUT2D eigenvalue weighted by Gasteiger charge is 2.00. The van der Waals surface area contributed by atoms with Gasteiger partial charge in [0, 0.05) is 12.8 Å². The van der Waals surface area contributed by atoms with Crippen molar-refractivity contribution < 1.29 is 19.8 Å². The number of rotatable bonds is 53. The summed E-state index contributed by atoms with van der Waals surface area (Å²) in [6.45, 7) is 4.59. The summed E-state index contributed by atoms with van der Waals surface area (Å²) in [6.07, 6.45) is 71.5. The molecule has 61 heavy (non-hydrogen) atoms. The Bertz CT molecular complexity index is 796. The lowest BCUT2D eigenvalue weighted by atomic mass is 10.0. The van der Waals surface area contributed by atoms with Crippen LogP contribution < -0.4 is 0 Å². The van der Waals surface area contributed by atoms with Crippen molar-refractivity contribution in [2.24, 2.45) is 0 Å². The summed E-state index contributed by atoms with van der Waals surface area (Å²) in [5.41, 5.74) is 0. The van der Waals surface area contributed by atoms with Crippen LogP contribution in [-0.2, 0) is 9.59 Å². The molecule has 4 heteroatoms. The van der Waals surface area contributed by atoms with Gasteiger partial charge in [-0.25, -0.2) is 0 Å². The first kappa shape index (κ1) is 62.0. The lowest BCUT2D eigenvalue weighted by Gasteiger charge is -2.04. The monoisotopic (exact) mass is 863 g/mol. The summed E-state index contributed by atoms with van der Waals surface area (Å²) >= 11 is 0. The van der Waals surface area contributed by atoms with Crippen LogP contribution in [-0.4, -0.2) is 22.2 Å². The molecule has 0 saturated heterocycles. The average molecular weight is 864 g/mol. The van der Waals surface area contributed by atoms with Crippen LogP contribution in [0.2, 0.25) is 0 Å². The van der Waals surface area contributed by atoms with Crippen LogP contribution in [0.3, 0.4) is 0 Å². The molecule has 2 N–H and O–H groups in total. The van der Waals surface area contributed by atoms with Crippen molar-refractivity contribution in [2.45, 2.75) is 354 Å².